The van der Waals surface area contributed by atoms with E-state index < -0.39 is 5.60 Å². The molecule has 0 spiro atoms. The molecule has 0 bridgehead atoms. The maximum absolute atomic E-state index is 12.7. The Morgan fingerprint density at radius 1 is 1.39 bits per heavy atom. The molecule has 1 aromatic rings. The van der Waals surface area contributed by atoms with E-state index in [-0.39, 0.29) is 5.78 Å². The third-order valence-corrected chi connectivity index (χ3v) is 3.72. The molecule has 2 rings (SSSR count). The molecule has 1 aromatic heterocycles. The van der Waals surface area contributed by atoms with Crippen molar-refractivity contribution < 1.29 is 9.53 Å². The molecule has 4 heteroatoms. The van der Waals surface area contributed by atoms with Gasteiger partial charge >= 0.3 is 0 Å². The van der Waals surface area contributed by atoms with Crippen LogP contribution in [0.15, 0.2) is 12.4 Å². The summed E-state index contributed by atoms with van der Waals surface area (Å²) >= 11 is 0. The summed E-state index contributed by atoms with van der Waals surface area (Å²) in [6, 6.07) is 0. The van der Waals surface area contributed by atoms with Crippen LogP contribution in [0.5, 0.6) is 0 Å². The lowest BCUT2D eigenvalue weighted by atomic mass is 9.80. The van der Waals surface area contributed by atoms with Crippen LogP contribution in [-0.4, -0.2) is 27.8 Å². The van der Waals surface area contributed by atoms with Gasteiger partial charge in [0.05, 0.1) is 11.8 Å². The van der Waals surface area contributed by atoms with Crippen molar-refractivity contribution in [1.29, 1.82) is 0 Å². The molecule has 100 valence electrons. The summed E-state index contributed by atoms with van der Waals surface area (Å²) in [5, 5.41) is 4.18. The van der Waals surface area contributed by atoms with E-state index in [1.54, 1.807) is 10.9 Å². The van der Waals surface area contributed by atoms with Crippen LogP contribution in [0.25, 0.3) is 0 Å². The average molecular weight is 250 g/mol. The Labute approximate surface area is 108 Å². The van der Waals surface area contributed by atoms with E-state index >= 15 is 0 Å². The van der Waals surface area contributed by atoms with Crippen LogP contribution in [0.2, 0.25) is 0 Å². The lowest BCUT2D eigenvalue weighted by Gasteiger charge is -2.35. The van der Waals surface area contributed by atoms with Gasteiger partial charge in [-0.1, -0.05) is 19.3 Å². The van der Waals surface area contributed by atoms with E-state index in [1.807, 2.05) is 20.0 Å². The zero-order valence-corrected chi connectivity index (χ0v) is 11.3. The summed E-state index contributed by atoms with van der Waals surface area (Å²) < 4.78 is 7.63. The number of Topliss-reactive ketones (excluding diaryl/α,β-unsaturated/α-hetero) is 1. The van der Waals surface area contributed by atoms with E-state index in [2.05, 4.69) is 5.10 Å². The van der Waals surface area contributed by atoms with E-state index in [0.29, 0.717) is 12.2 Å². The summed E-state index contributed by atoms with van der Waals surface area (Å²) in [5.41, 5.74) is 0.0985. The molecule has 18 heavy (non-hydrogen) atoms. The van der Waals surface area contributed by atoms with Crippen molar-refractivity contribution in [3.63, 3.8) is 0 Å². The van der Waals surface area contributed by atoms with Crippen LogP contribution in [0, 0.1) is 0 Å². The van der Waals surface area contributed by atoms with E-state index in [9.17, 15) is 4.79 Å². The molecule has 0 amide bonds. The third kappa shape index (κ3) is 2.48. The smallest absolute Gasteiger partial charge is 0.197 e. The number of hydrogen-bond donors (Lipinski definition) is 0. The minimum absolute atomic E-state index is 0.115. The van der Waals surface area contributed by atoms with Gasteiger partial charge in [-0.2, -0.15) is 5.10 Å². The van der Waals surface area contributed by atoms with Crippen molar-refractivity contribution in [1.82, 2.24) is 9.78 Å². The van der Waals surface area contributed by atoms with Gasteiger partial charge in [0.25, 0.3) is 0 Å². The highest BCUT2D eigenvalue weighted by Crippen LogP contribution is 2.34. The number of aromatic nitrogens is 2. The molecule has 4 nitrogen and oxygen atoms in total. The minimum Gasteiger partial charge on any atom is -0.367 e. The van der Waals surface area contributed by atoms with Crippen molar-refractivity contribution >= 4 is 5.78 Å². The topological polar surface area (TPSA) is 44.1 Å². The SMILES string of the molecule is CCOC1(C(=O)c2cnn(CC)c2)CCCCC1. The average Bonchev–Trinajstić information content (AvgIpc) is 2.88. The number of rotatable bonds is 5. The fourth-order valence-electron chi connectivity index (χ4n) is 2.75. The van der Waals surface area contributed by atoms with Crippen LogP contribution in [0.3, 0.4) is 0 Å². The van der Waals surface area contributed by atoms with Crippen LogP contribution in [0.4, 0.5) is 0 Å². The highest BCUT2D eigenvalue weighted by atomic mass is 16.5. The number of ether oxygens (including phenoxy) is 1. The van der Waals surface area contributed by atoms with Gasteiger partial charge in [0.2, 0.25) is 0 Å². The van der Waals surface area contributed by atoms with Crippen LogP contribution >= 0.6 is 0 Å². The predicted octanol–water partition coefficient (Wildman–Crippen LogP) is 2.83. The second kappa shape index (κ2) is 5.65. The Bertz CT molecular complexity index is 400. The molecule has 0 aromatic carbocycles. The first-order valence-corrected chi connectivity index (χ1v) is 6.93. The van der Waals surface area contributed by atoms with Gasteiger partial charge in [-0.05, 0) is 26.7 Å². The highest BCUT2D eigenvalue weighted by molar-refractivity contribution is 6.02. The quantitative estimate of drug-likeness (QED) is 0.755. The van der Waals surface area contributed by atoms with E-state index in [1.165, 1.54) is 6.42 Å². The lowest BCUT2D eigenvalue weighted by Crippen LogP contribution is -2.43. The first-order valence-electron chi connectivity index (χ1n) is 6.93. The maximum atomic E-state index is 12.7. The standard InChI is InChI=1S/C14H22N2O2/c1-3-16-11-12(10-15-16)13(17)14(18-4-2)8-6-5-7-9-14/h10-11H,3-9H2,1-2H3. The van der Waals surface area contributed by atoms with Gasteiger partial charge in [0, 0.05) is 19.3 Å². The molecule has 0 aliphatic heterocycles. The predicted molar refractivity (Wildman–Crippen MR) is 69.7 cm³/mol. The Kier molecular flexibility index (Phi) is 4.17. The number of ketones is 1. The fraction of sp³-hybridized carbons (Fsp3) is 0.714. The molecule has 1 aliphatic rings. The molecular formula is C14H22N2O2. The summed E-state index contributed by atoms with van der Waals surface area (Å²) in [4.78, 5) is 12.7. The Morgan fingerprint density at radius 2 is 2.11 bits per heavy atom. The lowest BCUT2D eigenvalue weighted by molar-refractivity contribution is -0.0411. The van der Waals surface area contributed by atoms with Crippen LogP contribution in [0.1, 0.15) is 56.3 Å². The Hall–Kier alpha value is -1.16. The number of carbonyl (C=O) groups excluding carboxylic acids is 1. The number of nitrogens with zero attached hydrogens (tertiary/aromatic N) is 2. The molecule has 1 aliphatic carbocycles. The van der Waals surface area contributed by atoms with E-state index in [0.717, 1.165) is 32.2 Å². The van der Waals surface area contributed by atoms with Gasteiger partial charge in [-0.15, -0.1) is 0 Å². The third-order valence-electron chi connectivity index (χ3n) is 3.72. The van der Waals surface area contributed by atoms with Crippen molar-refractivity contribution in [2.24, 2.45) is 0 Å². The van der Waals surface area contributed by atoms with Crippen molar-refractivity contribution in [2.45, 2.75) is 58.1 Å². The zero-order chi connectivity index (χ0) is 13.0. The van der Waals surface area contributed by atoms with Crippen molar-refractivity contribution in [3.8, 4) is 0 Å². The first-order chi connectivity index (χ1) is 8.72. The molecule has 0 N–H and O–H groups in total. The zero-order valence-electron chi connectivity index (χ0n) is 11.3. The fourth-order valence-corrected chi connectivity index (χ4v) is 2.75. The monoisotopic (exact) mass is 250 g/mol. The number of hydrogen-bond acceptors (Lipinski definition) is 3. The molecule has 0 saturated heterocycles. The molecule has 1 saturated carbocycles. The summed E-state index contributed by atoms with van der Waals surface area (Å²) in [6.07, 6.45) is 8.55. The maximum Gasteiger partial charge on any atom is 0.197 e. The van der Waals surface area contributed by atoms with Crippen molar-refractivity contribution in [2.75, 3.05) is 6.61 Å². The second-order valence-electron chi connectivity index (χ2n) is 4.90. The molecular weight excluding hydrogens is 228 g/mol. The molecule has 0 atom stereocenters. The highest BCUT2D eigenvalue weighted by Gasteiger charge is 2.41. The molecule has 0 unspecified atom stereocenters. The van der Waals surface area contributed by atoms with Crippen molar-refractivity contribution in [3.05, 3.63) is 18.0 Å². The van der Waals surface area contributed by atoms with E-state index in [4.69, 9.17) is 4.74 Å². The Morgan fingerprint density at radius 3 is 2.67 bits per heavy atom. The molecule has 1 fully saturated rings. The van der Waals surface area contributed by atoms with Gasteiger partial charge in [0.15, 0.2) is 5.78 Å². The van der Waals surface area contributed by atoms with Gasteiger partial charge in [0.1, 0.15) is 5.60 Å². The van der Waals surface area contributed by atoms with Gasteiger partial charge in [-0.3, -0.25) is 9.48 Å². The number of aryl methyl sites for hydroxylation is 1. The first kappa shape index (κ1) is 13.3. The van der Waals surface area contributed by atoms with Gasteiger partial charge < -0.3 is 4.74 Å². The molecule has 0 radical (unpaired) electrons. The molecule has 1 heterocycles. The van der Waals surface area contributed by atoms with Gasteiger partial charge in [-0.25, -0.2) is 0 Å². The van der Waals surface area contributed by atoms with Crippen LogP contribution in [-0.2, 0) is 11.3 Å². The summed E-state index contributed by atoms with van der Waals surface area (Å²) in [7, 11) is 0. The largest absolute Gasteiger partial charge is 0.367 e. The second-order valence-corrected chi connectivity index (χ2v) is 4.90. The van der Waals surface area contributed by atoms with Crippen LogP contribution < -0.4 is 0 Å². The normalized spacial score (nSPS) is 18.8. The number of carbonyl (C=O) groups is 1. The minimum atomic E-state index is -0.589. The summed E-state index contributed by atoms with van der Waals surface area (Å²) in [5.74, 6) is 0.115. The summed E-state index contributed by atoms with van der Waals surface area (Å²) in [6.45, 7) is 5.35. The Balaban J connectivity index is 2.21.